The van der Waals surface area contributed by atoms with Crippen LogP contribution in [0.1, 0.15) is 5.56 Å². The summed E-state index contributed by atoms with van der Waals surface area (Å²) in [5.41, 5.74) is -3.06. The SMILES string of the molecule is CNCC(O)(c1cccc(Br)c1)C(F)(F)F. The van der Waals surface area contributed by atoms with Crippen LogP contribution >= 0.6 is 15.9 Å². The normalized spacial score (nSPS) is 15.9. The molecule has 0 radical (unpaired) electrons. The standard InChI is InChI=1S/C10H11BrF3NO/c1-15-6-9(16,10(12,13)14)7-3-2-4-8(11)5-7/h2-5,15-16H,6H2,1H3. The fourth-order valence-corrected chi connectivity index (χ4v) is 1.77. The Morgan fingerprint density at radius 3 is 2.44 bits per heavy atom. The molecule has 90 valence electrons. The zero-order valence-electron chi connectivity index (χ0n) is 8.48. The maximum atomic E-state index is 12.8. The molecular weight excluding hydrogens is 287 g/mol. The molecule has 0 aliphatic carbocycles. The maximum absolute atomic E-state index is 12.8. The highest BCUT2D eigenvalue weighted by Crippen LogP contribution is 2.39. The van der Waals surface area contributed by atoms with Crippen LogP contribution in [-0.2, 0) is 5.60 Å². The van der Waals surface area contributed by atoms with E-state index in [1.165, 1.54) is 25.2 Å². The van der Waals surface area contributed by atoms with Crippen molar-refractivity contribution in [3.8, 4) is 0 Å². The molecule has 0 bridgehead atoms. The molecule has 0 fully saturated rings. The maximum Gasteiger partial charge on any atom is 0.422 e. The number of benzene rings is 1. The molecule has 1 atom stereocenters. The highest BCUT2D eigenvalue weighted by atomic mass is 79.9. The van der Waals surface area contributed by atoms with E-state index in [-0.39, 0.29) is 5.56 Å². The number of hydrogen-bond acceptors (Lipinski definition) is 2. The van der Waals surface area contributed by atoms with Crippen molar-refractivity contribution >= 4 is 15.9 Å². The third-order valence-corrected chi connectivity index (χ3v) is 2.70. The van der Waals surface area contributed by atoms with Crippen LogP contribution in [-0.4, -0.2) is 24.9 Å². The molecule has 0 heterocycles. The Kier molecular flexibility index (Phi) is 3.98. The van der Waals surface area contributed by atoms with Crippen molar-refractivity contribution in [2.75, 3.05) is 13.6 Å². The van der Waals surface area contributed by atoms with E-state index >= 15 is 0 Å². The van der Waals surface area contributed by atoms with Gasteiger partial charge in [-0.15, -0.1) is 0 Å². The summed E-state index contributed by atoms with van der Waals surface area (Å²) < 4.78 is 38.9. The first-order valence-electron chi connectivity index (χ1n) is 4.51. The van der Waals surface area contributed by atoms with E-state index in [0.29, 0.717) is 4.47 Å². The van der Waals surface area contributed by atoms with Crippen LogP contribution in [0, 0.1) is 0 Å². The van der Waals surface area contributed by atoms with Crippen molar-refractivity contribution in [3.63, 3.8) is 0 Å². The molecule has 0 saturated carbocycles. The Balaban J connectivity index is 3.21. The number of likely N-dealkylation sites (N-methyl/N-ethyl adjacent to an activating group) is 1. The minimum Gasteiger partial charge on any atom is -0.375 e. The summed E-state index contributed by atoms with van der Waals surface area (Å²) in [6.07, 6.45) is -4.73. The fraction of sp³-hybridized carbons (Fsp3) is 0.400. The zero-order chi connectivity index (χ0) is 12.4. The monoisotopic (exact) mass is 297 g/mol. The van der Waals surface area contributed by atoms with Gasteiger partial charge >= 0.3 is 6.18 Å². The molecule has 0 saturated heterocycles. The lowest BCUT2D eigenvalue weighted by molar-refractivity contribution is -0.264. The number of alkyl halides is 3. The van der Waals surface area contributed by atoms with Crippen molar-refractivity contribution in [2.24, 2.45) is 0 Å². The summed E-state index contributed by atoms with van der Waals surface area (Å²) in [7, 11) is 1.36. The average molecular weight is 298 g/mol. The quantitative estimate of drug-likeness (QED) is 0.898. The molecule has 2 N–H and O–H groups in total. The van der Waals surface area contributed by atoms with Crippen LogP contribution in [0.5, 0.6) is 0 Å². The van der Waals surface area contributed by atoms with E-state index in [2.05, 4.69) is 21.2 Å². The first kappa shape index (κ1) is 13.5. The Bertz CT molecular complexity index is 369. The van der Waals surface area contributed by atoms with E-state index in [0.717, 1.165) is 0 Å². The molecule has 0 aliphatic rings. The van der Waals surface area contributed by atoms with Crippen LogP contribution in [0.2, 0.25) is 0 Å². The molecule has 0 aromatic heterocycles. The highest BCUT2D eigenvalue weighted by Gasteiger charge is 2.54. The molecular formula is C10H11BrF3NO. The lowest BCUT2D eigenvalue weighted by Gasteiger charge is -2.30. The second-order valence-corrected chi connectivity index (χ2v) is 4.31. The number of halogens is 4. The van der Waals surface area contributed by atoms with Gasteiger partial charge in [-0.3, -0.25) is 0 Å². The van der Waals surface area contributed by atoms with E-state index in [1.54, 1.807) is 6.07 Å². The summed E-state index contributed by atoms with van der Waals surface area (Å²) in [5, 5.41) is 12.1. The van der Waals surface area contributed by atoms with Gasteiger partial charge in [0.1, 0.15) is 0 Å². The van der Waals surface area contributed by atoms with Gasteiger partial charge in [-0.1, -0.05) is 28.1 Å². The lowest BCUT2D eigenvalue weighted by Crippen LogP contribution is -2.49. The summed E-state index contributed by atoms with van der Waals surface area (Å²) in [6, 6.07) is 5.55. The number of hydrogen-bond donors (Lipinski definition) is 2. The van der Waals surface area contributed by atoms with Gasteiger partial charge in [-0.2, -0.15) is 13.2 Å². The van der Waals surface area contributed by atoms with Gasteiger partial charge in [0.25, 0.3) is 0 Å². The van der Waals surface area contributed by atoms with Crippen molar-refractivity contribution in [3.05, 3.63) is 34.3 Å². The first-order chi connectivity index (χ1) is 7.31. The van der Waals surface area contributed by atoms with Crippen LogP contribution in [0.4, 0.5) is 13.2 Å². The third kappa shape index (κ3) is 2.56. The Hall–Kier alpha value is -0.590. The predicted molar refractivity (Wildman–Crippen MR) is 58.0 cm³/mol. The van der Waals surface area contributed by atoms with Crippen molar-refractivity contribution in [2.45, 2.75) is 11.8 Å². The second-order valence-electron chi connectivity index (χ2n) is 3.40. The molecule has 0 spiro atoms. The summed E-state index contributed by atoms with van der Waals surface area (Å²) in [5.74, 6) is 0. The number of nitrogens with one attached hydrogen (secondary N) is 1. The highest BCUT2D eigenvalue weighted by molar-refractivity contribution is 9.10. The Labute approximate surface area is 99.6 Å². The molecule has 1 rings (SSSR count). The minimum atomic E-state index is -4.73. The van der Waals surface area contributed by atoms with Crippen molar-refractivity contribution < 1.29 is 18.3 Å². The topological polar surface area (TPSA) is 32.3 Å². The molecule has 1 aromatic rings. The predicted octanol–water partition coefficient (Wildman–Crippen LogP) is 2.42. The molecule has 16 heavy (non-hydrogen) atoms. The Morgan fingerprint density at radius 2 is 2.00 bits per heavy atom. The first-order valence-corrected chi connectivity index (χ1v) is 5.30. The van der Waals surface area contributed by atoms with Gasteiger partial charge in [-0.25, -0.2) is 0 Å². The fourth-order valence-electron chi connectivity index (χ4n) is 1.37. The lowest BCUT2D eigenvalue weighted by atomic mass is 9.93. The van der Waals surface area contributed by atoms with Crippen LogP contribution in [0.15, 0.2) is 28.7 Å². The van der Waals surface area contributed by atoms with E-state index in [4.69, 9.17) is 0 Å². The van der Waals surface area contributed by atoms with Gasteiger partial charge in [-0.05, 0) is 24.7 Å². The van der Waals surface area contributed by atoms with Crippen molar-refractivity contribution in [1.82, 2.24) is 5.32 Å². The van der Waals surface area contributed by atoms with Gasteiger partial charge in [0.2, 0.25) is 0 Å². The zero-order valence-corrected chi connectivity index (χ0v) is 10.1. The summed E-state index contributed by atoms with van der Waals surface area (Å²) in [6.45, 7) is -0.590. The molecule has 1 aromatic carbocycles. The minimum absolute atomic E-state index is 0.191. The van der Waals surface area contributed by atoms with Gasteiger partial charge in [0.05, 0.1) is 0 Å². The van der Waals surface area contributed by atoms with Crippen LogP contribution in [0.3, 0.4) is 0 Å². The van der Waals surface area contributed by atoms with E-state index < -0.39 is 18.3 Å². The number of aliphatic hydroxyl groups is 1. The molecule has 2 nitrogen and oxygen atoms in total. The molecule has 1 unspecified atom stereocenters. The average Bonchev–Trinajstić information content (AvgIpc) is 2.16. The van der Waals surface area contributed by atoms with Crippen molar-refractivity contribution in [1.29, 1.82) is 0 Å². The van der Waals surface area contributed by atoms with Gasteiger partial charge in [0.15, 0.2) is 5.60 Å². The largest absolute Gasteiger partial charge is 0.422 e. The smallest absolute Gasteiger partial charge is 0.375 e. The summed E-state index contributed by atoms with van der Waals surface area (Å²) >= 11 is 3.07. The van der Waals surface area contributed by atoms with E-state index in [9.17, 15) is 18.3 Å². The second kappa shape index (κ2) is 4.73. The van der Waals surface area contributed by atoms with Gasteiger partial charge < -0.3 is 10.4 Å². The Morgan fingerprint density at radius 1 is 1.38 bits per heavy atom. The van der Waals surface area contributed by atoms with E-state index in [1.807, 2.05) is 0 Å². The third-order valence-electron chi connectivity index (χ3n) is 2.20. The summed E-state index contributed by atoms with van der Waals surface area (Å²) in [4.78, 5) is 0. The van der Waals surface area contributed by atoms with Crippen LogP contribution < -0.4 is 5.32 Å². The number of rotatable bonds is 3. The molecule has 0 aliphatic heterocycles. The molecule has 6 heteroatoms. The van der Waals surface area contributed by atoms with Crippen LogP contribution in [0.25, 0.3) is 0 Å². The van der Waals surface area contributed by atoms with Gasteiger partial charge in [0, 0.05) is 11.0 Å². The molecule has 0 amide bonds.